The van der Waals surface area contributed by atoms with Crippen LogP contribution in [0.2, 0.25) is 0 Å². The lowest BCUT2D eigenvalue weighted by molar-refractivity contribution is 0.0950. The van der Waals surface area contributed by atoms with Crippen molar-refractivity contribution in [2.45, 2.75) is 11.4 Å². The highest BCUT2D eigenvalue weighted by Gasteiger charge is 2.25. The number of pyridine rings is 1. The number of aromatic nitrogens is 3. The number of nitrogens with zero attached hydrogens (tertiary/aromatic N) is 3. The average molecular weight is 515 g/mol. The molecule has 10 heteroatoms. The maximum Gasteiger partial charge on any atom is 0.303 e. The van der Waals surface area contributed by atoms with Crippen LogP contribution in [-0.4, -0.2) is 32.5 Å². The highest BCUT2D eigenvalue weighted by atomic mass is 32.2. The zero-order valence-electron chi connectivity index (χ0n) is 19.1. The van der Waals surface area contributed by atoms with Crippen molar-refractivity contribution in [1.29, 1.82) is 0 Å². The largest absolute Gasteiger partial charge is 0.479 e. The molecule has 1 unspecified atom stereocenters. The highest BCUT2D eigenvalue weighted by Crippen LogP contribution is 2.39. The first-order chi connectivity index (χ1) is 17.6. The Morgan fingerprint density at radius 3 is 2.75 bits per heavy atom. The third-order valence-electron chi connectivity index (χ3n) is 5.82. The highest BCUT2D eigenvalue weighted by molar-refractivity contribution is 7.92. The number of fused-ring (bicyclic) bond motifs is 9. The molecule has 5 aromatic rings. The minimum atomic E-state index is -1.40. The second-order valence-corrected chi connectivity index (χ2v) is 10.4. The summed E-state index contributed by atoms with van der Waals surface area (Å²) in [5.41, 5.74) is 5.41. The smallest absolute Gasteiger partial charge is 0.303 e. The molecule has 0 fully saturated rings. The fraction of sp³-hybridized carbons (Fsp3) is 0.0769. The standard InChI is InChI=1S/C26H19N5O3S2/c1-34-26-21-10-18(13-28-26)22-11-20-24(35-22)23(30-14-29-20)16-5-2-4-15(8-16)12-27-25(32)17-6-3-7-19(9-17)36(33)31-21/h2-11,13-14,31,33H,12H2,1H3/p+1. The number of carbonyl (C=O) groups is 1. The van der Waals surface area contributed by atoms with Gasteiger partial charge in [-0.05, 0) is 35.9 Å². The summed E-state index contributed by atoms with van der Waals surface area (Å²) in [6.07, 6.45) is 3.30. The van der Waals surface area contributed by atoms with E-state index < -0.39 is 11.4 Å². The molecule has 0 radical (unpaired) electrons. The summed E-state index contributed by atoms with van der Waals surface area (Å²) in [5, 5.41) is 2.97. The van der Waals surface area contributed by atoms with Crippen LogP contribution in [0.25, 0.3) is 31.9 Å². The van der Waals surface area contributed by atoms with E-state index in [0.29, 0.717) is 28.6 Å². The number of hydrogen-bond donors (Lipinski definition) is 3. The van der Waals surface area contributed by atoms with Crippen LogP contribution in [0, 0.1) is 0 Å². The van der Waals surface area contributed by atoms with E-state index in [-0.39, 0.29) is 5.91 Å². The lowest BCUT2D eigenvalue weighted by Gasteiger charge is -2.10. The molecule has 0 spiro atoms. The molecule has 3 N–H and O–H groups in total. The van der Waals surface area contributed by atoms with Crippen LogP contribution in [0.1, 0.15) is 15.9 Å². The van der Waals surface area contributed by atoms with Crippen LogP contribution in [0.15, 0.2) is 78.1 Å². The first-order valence-corrected chi connectivity index (χ1v) is 13.1. The minimum absolute atomic E-state index is 0.228. The molecule has 178 valence electrons. The molecule has 2 aromatic carbocycles. The van der Waals surface area contributed by atoms with Gasteiger partial charge in [0.1, 0.15) is 12.0 Å². The molecule has 1 amide bonds. The van der Waals surface area contributed by atoms with E-state index in [4.69, 9.17) is 4.74 Å². The SMILES string of the molecule is COc1ncc2cc1N[S+](O)c1cccc(c1)C(=O)NCc1cccc(c1)-c1ncnc3cc-2sc13. The number of amides is 1. The van der Waals surface area contributed by atoms with Crippen molar-refractivity contribution in [3.8, 4) is 27.6 Å². The molecule has 4 heterocycles. The van der Waals surface area contributed by atoms with Crippen molar-refractivity contribution in [3.05, 3.63) is 84.3 Å². The van der Waals surface area contributed by atoms with Crippen LogP contribution < -0.4 is 14.8 Å². The molecule has 3 aromatic heterocycles. The van der Waals surface area contributed by atoms with Gasteiger partial charge in [-0.2, -0.15) is 9.27 Å². The molecule has 0 saturated heterocycles. The maximum absolute atomic E-state index is 12.9. The molecule has 1 aliphatic heterocycles. The van der Waals surface area contributed by atoms with Crippen LogP contribution in [0.4, 0.5) is 5.69 Å². The summed E-state index contributed by atoms with van der Waals surface area (Å²) in [4.78, 5) is 27.9. The molecule has 0 saturated carbocycles. The summed E-state index contributed by atoms with van der Waals surface area (Å²) in [6, 6.07) is 18.8. The van der Waals surface area contributed by atoms with Crippen molar-refractivity contribution in [2.75, 3.05) is 11.8 Å². The van der Waals surface area contributed by atoms with E-state index >= 15 is 0 Å². The third kappa shape index (κ3) is 4.15. The van der Waals surface area contributed by atoms with E-state index in [1.807, 2.05) is 36.4 Å². The summed E-state index contributed by atoms with van der Waals surface area (Å²) in [5.74, 6) is 0.126. The number of anilines is 1. The van der Waals surface area contributed by atoms with Gasteiger partial charge in [0.25, 0.3) is 5.91 Å². The summed E-state index contributed by atoms with van der Waals surface area (Å²) < 4.78 is 20.5. The Bertz CT molecular complexity index is 1620. The molecule has 8 nitrogen and oxygen atoms in total. The van der Waals surface area contributed by atoms with Crippen molar-refractivity contribution in [3.63, 3.8) is 0 Å². The van der Waals surface area contributed by atoms with Gasteiger partial charge in [-0.3, -0.25) is 4.79 Å². The van der Waals surface area contributed by atoms with Gasteiger partial charge in [0, 0.05) is 40.4 Å². The first-order valence-electron chi connectivity index (χ1n) is 11.1. The lowest BCUT2D eigenvalue weighted by atomic mass is 10.1. The molecule has 8 bridgehead atoms. The van der Waals surface area contributed by atoms with Gasteiger partial charge in [0.05, 0.1) is 23.0 Å². The molecular weight excluding hydrogens is 494 g/mol. The zero-order chi connectivity index (χ0) is 24.6. The minimum Gasteiger partial charge on any atom is -0.479 e. The topological polar surface area (TPSA) is 109 Å². The second-order valence-electron chi connectivity index (χ2n) is 8.13. The van der Waals surface area contributed by atoms with Gasteiger partial charge < -0.3 is 10.1 Å². The molecular formula is C26H20N5O3S2+. The Balaban J connectivity index is 1.54. The second kappa shape index (κ2) is 9.23. The number of hydrogen-bond acceptors (Lipinski definition) is 8. The maximum atomic E-state index is 12.9. The van der Waals surface area contributed by atoms with Gasteiger partial charge in [0.15, 0.2) is 0 Å². The van der Waals surface area contributed by atoms with Crippen LogP contribution in [0.3, 0.4) is 0 Å². The summed E-state index contributed by atoms with van der Waals surface area (Å²) in [7, 11) is 1.53. The van der Waals surface area contributed by atoms with E-state index in [2.05, 4.69) is 25.0 Å². The predicted octanol–water partition coefficient (Wildman–Crippen LogP) is 5.15. The Hall–Kier alpha value is -3.99. The number of methoxy groups -OCH3 is 1. The average Bonchev–Trinajstić information content (AvgIpc) is 3.36. The number of benzene rings is 2. The van der Waals surface area contributed by atoms with E-state index in [9.17, 15) is 9.35 Å². The van der Waals surface area contributed by atoms with Crippen molar-refractivity contribution in [2.24, 2.45) is 0 Å². The van der Waals surface area contributed by atoms with Gasteiger partial charge >= 0.3 is 11.4 Å². The van der Waals surface area contributed by atoms with Crippen LogP contribution in [0.5, 0.6) is 5.88 Å². The van der Waals surface area contributed by atoms with Crippen molar-refractivity contribution >= 4 is 44.5 Å². The zero-order valence-corrected chi connectivity index (χ0v) is 20.7. The lowest BCUT2D eigenvalue weighted by Crippen LogP contribution is -2.23. The van der Waals surface area contributed by atoms with E-state index in [1.54, 1.807) is 48.1 Å². The molecule has 36 heavy (non-hydrogen) atoms. The summed E-state index contributed by atoms with van der Waals surface area (Å²) >= 11 is 0.171. The quantitative estimate of drug-likeness (QED) is 0.266. The monoisotopic (exact) mass is 514 g/mol. The molecule has 6 rings (SSSR count). The third-order valence-corrected chi connectivity index (χ3v) is 8.11. The fourth-order valence-corrected chi connectivity index (χ4v) is 6.08. The van der Waals surface area contributed by atoms with Crippen molar-refractivity contribution < 1.29 is 14.1 Å². The Labute approximate surface area is 213 Å². The first kappa shape index (κ1) is 22.5. The van der Waals surface area contributed by atoms with Crippen LogP contribution >= 0.6 is 11.3 Å². The number of rotatable bonds is 1. The Morgan fingerprint density at radius 2 is 1.86 bits per heavy atom. The van der Waals surface area contributed by atoms with Gasteiger partial charge in [-0.1, -0.05) is 24.3 Å². The van der Waals surface area contributed by atoms with E-state index in [1.165, 1.54) is 7.11 Å². The van der Waals surface area contributed by atoms with E-state index in [0.717, 1.165) is 37.5 Å². The van der Waals surface area contributed by atoms with Crippen molar-refractivity contribution in [1.82, 2.24) is 20.3 Å². The number of carbonyl (C=O) groups excluding carboxylic acids is 1. The molecule has 0 aliphatic carbocycles. The Morgan fingerprint density at radius 1 is 1.00 bits per heavy atom. The molecule has 1 atom stereocenters. The number of nitrogens with one attached hydrogen (secondary N) is 2. The number of ether oxygens (including phenoxy) is 1. The van der Waals surface area contributed by atoms with Gasteiger partial charge in [-0.25, -0.2) is 15.0 Å². The summed E-state index contributed by atoms with van der Waals surface area (Å²) in [6.45, 7) is 0.358. The van der Waals surface area contributed by atoms with Gasteiger partial charge in [-0.15, -0.1) is 11.3 Å². The van der Waals surface area contributed by atoms with Gasteiger partial charge in [0.2, 0.25) is 10.8 Å². The molecule has 1 aliphatic rings. The van der Waals surface area contributed by atoms with Crippen LogP contribution in [-0.2, 0) is 17.9 Å². The normalized spacial score (nSPS) is 15.1. The Kier molecular flexibility index (Phi) is 5.76. The number of thiophene rings is 1. The fourth-order valence-electron chi connectivity index (χ4n) is 4.06. The predicted molar refractivity (Wildman–Crippen MR) is 142 cm³/mol.